The molecule has 7 nitrogen and oxygen atoms in total. The fourth-order valence-electron chi connectivity index (χ4n) is 4.20. The van der Waals surface area contributed by atoms with Gasteiger partial charge in [-0.15, -0.1) is 0 Å². The number of benzene rings is 1. The second-order valence-corrected chi connectivity index (χ2v) is 7.80. The lowest BCUT2D eigenvalue weighted by atomic mass is 9.92. The standard InChI is InChI=1S/C22H29N3O4/c1-15-11-16(12-19-20-13-23-14-25(20)7-8-29-21(15)19)22(26)24-17-3-5-18(6-4-17)28-10-9-27-2/h11-14,17-18H,3-10H2,1-2H3,(H,24,26). The molecule has 1 aliphatic carbocycles. The van der Waals surface area contributed by atoms with Gasteiger partial charge in [-0.3, -0.25) is 4.79 Å². The van der Waals surface area contributed by atoms with Crippen molar-refractivity contribution >= 4 is 5.91 Å². The third kappa shape index (κ3) is 4.46. The smallest absolute Gasteiger partial charge is 0.251 e. The van der Waals surface area contributed by atoms with Crippen molar-refractivity contribution in [2.45, 2.75) is 51.3 Å². The number of carbonyl (C=O) groups excluding carboxylic acids is 1. The zero-order valence-electron chi connectivity index (χ0n) is 17.1. The molecule has 0 bridgehead atoms. The van der Waals surface area contributed by atoms with Crippen LogP contribution in [0.3, 0.4) is 0 Å². The maximum atomic E-state index is 13.0. The van der Waals surface area contributed by atoms with E-state index >= 15 is 0 Å². The van der Waals surface area contributed by atoms with E-state index in [4.69, 9.17) is 14.2 Å². The predicted molar refractivity (Wildman–Crippen MR) is 109 cm³/mol. The summed E-state index contributed by atoms with van der Waals surface area (Å²) in [6.07, 6.45) is 7.70. The molecule has 2 aliphatic rings. The molecule has 1 fully saturated rings. The average Bonchev–Trinajstić information content (AvgIpc) is 3.11. The highest BCUT2D eigenvalue weighted by molar-refractivity contribution is 5.96. The Bertz CT molecular complexity index is 856. The van der Waals surface area contributed by atoms with Crippen molar-refractivity contribution in [1.82, 2.24) is 14.9 Å². The number of methoxy groups -OCH3 is 1. The van der Waals surface area contributed by atoms with E-state index in [0.29, 0.717) is 25.4 Å². The number of fused-ring (bicyclic) bond motifs is 3. The van der Waals surface area contributed by atoms with Gasteiger partial charge in [-0.05, 0) is 50.3 Å². The number of carbonyl (C=O) groups is 1. The van der Waals surface area contributed by atoms with E-state index in [0.717, 1.165) is 54.8 Å². The van der Waals surface area contributed by atoms with Crippen LogP contribution in [0.5, 0.6) is 5.75 Å². The van der Waals surface area contributed by atoms with Gasteiger partial charge in [-0.25, -0.2) is 4.98 Å². The van der Waals surface area contributed by atoms with Gasteiger partial charge >= 0.3 is 0 Å². The summed E-state index contributed by atoms with van der Waals surface area (Å²) in [5.41, 5.74) is 3.56. The summed E-state index contributed by atoms with van der Waals surface area (Å²) < 4.78 is 18.9. The second-order valence-electron chi connectivity index (χ2n) is 7.80. The Morgan fingerprint density at radius 3 is 2.90 bits per heavy atom. The molecule has 29 heavy (non-hydrogen) atoms. The lowest BCUT2D eigenvalue weighted by molar-refractivity contribution is -0.00408. The van der Waals surface area contributed by atoms with Gasteiger partial charge in [0.15, 0.2) is 0 Å². The molecule has 2 aromatic rings. The van der Waals surface area contributed by atoms with E-state index in [-0.39, 0.29) is 18.1 Å². The molecule has 7 heteroatoms. The molecule has 1 saturated carbocycles. The third-order valence-corrected chi connectivity index (χ3v) is 5.75. The fraction of sp³-hybridized carbons (Fsp3) is 0.545. The SMILES string of the molecule is COCCOC1CCC(NC(=O)c2cc(C)c3c(c2)-c2cncn2CCO3)CC1. The van der Waals surface area contributed by atoms with Crippen molar-refractivity contribution in [2.24, 2.45) is 0 Å². The van der Waals surface area contributed by atoms with Gasteiger partial charge in [-0.2, -0.15) is 0 Å². The quantitative estimate of drug-likeness (QED) is 0.756. The minimum atomic E-state index is -0.0324. The van der Waals surface area contributed by atoms with Crippen LogP contribution in [-0.2, 0) is 16.0 Å². The molecule has 4 rings (SSSR count). The first-order valence-electron chi connectivity index (χ1n) is 10.3. The number of hydrogen-bond acceptors (Lipinski definition) is 5. The largest absolute Gasteiger partial charge is 0.491 e. The summed E-state index contributed by atoms with van der Waals surface area (Å²) >= 11 is 0. The van der Waals surface area contributed by atoms with Crippen molar-refractivity contribution in [1.29, 1.82) is 0 Å². The Labute approximate surface area is 171 Å². The Kier molecular flexibility index (Phi) is 6.16. The number of nitrogens with one attached hydrogen (secondary N) is 1. The molecule has 1 N–H and O–H groups in total. The van der Waals surface area contributed by atoms with Crippen LogP contribution in [0.4, 0.5) is 0 Å². The molecule has 1 aliphatic heterocycles. The zero-order chi connectivity index (χ0) is 20.2. The summed E-state index contributed by atoms with van der Waals surface area (Å²) in [7, 11) is 1.68. The van der Waals surface area contributed by atoms with Crippen LogP contribution >= 0.6 is 0 Å². The van der Waals surface area contributed by atoms with E-state index in [9.17, 15) is 4.79 Å². The van der Waals surface area contributed by atoms with Gasteiger partial charge in [0, 0.05) is 24.3 Å². The van der Waals surface area contributed by atoms with Crippen LogP contribution in [0.15, 0.2) is 24.7 Å². The van der Waals surface area contributed by atoms with Gasteiger partial charge in [0.25, 0.3) is 5.91 Å². The highest BCUT2D eigenvalue weighted by Crippen LogP contribution is 2.36. The Hall–Kier alpha value is -2.38. The summed E-state index contributed by atoms with van der Waals surface area (Å²) in [6.45, 7) is 4.59. The topological polar surface area (TPSA) is 74.6 Å². The van der Waals surface area contributed by atoms with Gasteiger partial charge in [-0.1, -0.05) is 0 Å². The number of ether oxygens (including phenoxy) is 3. The second kappa shape index (κ2) is 8.97. The molecular weight excluding hydrogens is 370 g/mol. The number of nitrogens with zero attached hydrogens (tertiary/aromatic N) is 2. The molecule has 0 atom stereocenters. The molecule has 1 amide bonds. The number of hydrogen-bond donors (Lipinski definition) is 1. The Morgan fingerprint density at radius 2 is 2.10 bits per heavy atom. The summed E-state index contributed by atoms with van der Waals surface area (Å²) in [4.78, 5) is 17.2. The highest BCUT2D eigenvalue weighted by atomic mass is 16.5. The third-order valence-electron chi connectivity index (χ3n) is 5.75. The zero-order valence-corrected chi connectivity index (χ0v) is 17.1. The Balaban J connectivity index is 1.43. The van der Waals surface area contributed by atoms with E-state index < -0.39 is 0 Å². The van der Waals surface area contributed by atoms with Crippen molar-refractivity contribution < 1.29 is 19.0 Å². The monoisotopic (exact) mass is 399 g/mol. The molecule has 2 heterocycles. The average molecular weight is 399 g/mol. The number of imidazole rings is 1. The van der Waals surface area contributed by atoms with E-state index in [1.54, 1.807) is 7.11 Å². The van der Waals surface area contributed by atoms with Crippen LogP contribution in [0.2, 0.25) is 0 Å². The highest BCUT2D eigenvalue weighted by Gasteiger charge is 2.25. The number of aromatic nitrogens is 2. The van der Waals surface area contributed by atoms with Crippen LogP contribution < -0.4 is 10.1 Å². The Morgan fingerprint density at radius 1 is 1.28 bits per heavy atom. The van der Waals surface area contributed by atoms with Crippen LogP contribution in [0.1, 0.15) is 41.6 Å². The van der Waals surface area contributed by atoms with Crippen molar-refractivity contribution in [2.75, 3.05) is 26.9 Å². The number of aryl methyl sites for hydroxylation is 1. The maximum absolute atomic E-state index is 13.0. The van der Waals surface area contributed by atoms with Crippen molar-refractivity contribution in [3.63, 3.8) is 0 Å². The van der Waals surface area contributed by atoms with Crippen LogP contribution in [0, 0.1) is 6.92 Å². The van der Waals surface area contributed by atoms with Gasteiger partial charge < -0.3 is 24.1 Å². The van der Waals surface area contributed by atoms with E-state index in [1.807, 2.05) is 31.6 Å². The van der Waals surface area contributed by atoms with Crippen LogP contribution in [0.25, 0.3) is 11.3 Å². The molecular formula is C22H29N3O4. The van der Waals surface area contributed by atoms with E-state index in [1.165, 1.54) is 0 Å². The number of amides is 1. The molecule has 0 saturated heterocycles. The van der Waals surface area contributed by atoms with Crippen LogP contribution in [-0.4, -0.2) is 54.5 Å². The molecule has 0 unspecified atom stereocenters. The molecule has 1 aromatic carbocycles. The molecule has 156 valence electrons. The van der Waals surface area contributed by atoms with E-state index in [2.05, 4.69) is 14.9 Å². The fourth-order valence-corrected chi connectivity index (χ4v) is 4.20. The summed E-state index contributed by atoms with van der Waals surface area (Å²) in [5, 5.41) is 3.21. The van der Waals surface area contributed by atoms with Crippen molar-refractivity contribution in [3.05, 3.63) is 35.8 Å². The normalized spacial score (nSPS) is 20.9. The lowest BCUT2D eigenvalue weighted by Gasteiger charge is -2.29. The van der Waals surface area contributed by atoms with Crippen molar-refractivity contribution in [3.8, 4) is 17.0 Å². The number of rotatable bonds is 6. The van der Waals surface area contributed by atoms with Gasteiger partial charge in [0.1, 0.15) is 12.4 Å². The first kappa shape index (κ1) is 19.9. The minimum absolute atomic E-state index is 0.0324. The molecule has 0 radical (unpaired) electrons. The van der Waals surface area contributed by atoms with Gasteiger partial charge in [0.05, 0.1) is 44.1 Å². The van der Waals surface area contributed by atoms with Gasteiger partial charge in [0.2, 0.25) is 0 Å². The first-order chi connectivity index (χ1) is 14.2. The molecule has 1 aromatic heterocycles. The summed E-state index contributed by atoms with van der Waals surface area (Å²) in [5.74, 6) is 0.810. The predicted octanol–water partition coefficient (Wildman–Crippen LogP) is 2.95. The lowest BCUT2D eigenvalue weighted by Crippen LogP contribution is -2.39. The maximum Gasteiger partial charge on any atom is 0.251 e. The molecule has 0 spiro atoms. The minimum Gasteiger partial charge on any atom is -0.491 e. The summed E-state index contributed by atoms with van der Waals surface area (Å²) in [6, 6.07) is 4.03. The first-order valence-corrected chi connectivity index (χ1v) is 10.3.